The Kier molecular flexibility index (Phi) is 5.21. The maximum absolute atomic E-state index is 11.0. The van der Waals surface area contributed by atoms with E-state index in [1.54, 1.807) is 21.1 Å². The Balaban J connectivity index is 3.23. The van der Waals surface area contributed by atoms with Gasteiger partial charge in [0, 0.05) is 0 Å². The second-order valence-corrected chi connectivity index (χ2v) is 5.00. The lowest BCUT2D eigenvalue weighted by Gasteiger charge is -2.18. The van der Waals surface area contributed by atoms with E-state index in [0.29, 0.717) is 23.8 Å². The van der Waals surface area contributed by atoms with Crippen LogP contribution in [0.1, 0.15) is 37.8 Å². The van der Waals surface area contributed by atoms with E-state index in [-0.39, 0.29) is 0 Å². The van der Waals surface area contributed by atoms with Gasteiger partial charge in [-0.15, -0.1) is 0 Å². The van der Waals surface area contributed by atoms with Gasteiger partial charge < -0.3 is 14.6 Å². The van der Waals surface area contributed by atoms with E-state index in [2.05, 4.69) is 13.8 Å². The molecule has 19 heavy (non-hydrogen) atoms. The molecule has 1 atom stereocenters. The number of carboxylic acid groups (broad SMARTS) is 1. The van der Waals surface area contributed by atoms with Gasteiger partial charge in [-0.05, 0) is 35.6 Å². The standard InChI is InChI=1S/C15H22O4/c1-9(2)12-8-14(19-5)13(18-4)7-11(12)6-10(3)15(16)17/h7-10H,6H2,1-5H3,(H,16,17). The van der Waals surface area contributed by atoms with Gasteiger partial charge in [0.2, 0.25) is 0 Å². The minimum absolute atomic E-state index is 0.302. The van der Waals surface area contributed by atoms with Gasteiger partial charge in [0.05, 0.1) is 20.1 Å². The van der Waals surface area contributed by atoms with Crippen molar-refractivity contribution in [3.8, 4) is 11.5 Å². The molecule has 1 rings (SSSR count). The molecule has 0 aromatic heterocycles. The summed E-state index contributed by atoms with van der Waals surface area (Å²) in [6.45, 7) is 5.87. The van der Waals surface area contributed by atoms with Crippen LogP contribution in [0.3, 0.4) is 0 Å². The smallest absolute Gasteiger partial charge is 0.306 e. The molecular weight excluding hydrogens is 244 g/mol. The molecule has 0 aliphatic heterocycles. The number of benzene rings is 1. The molecule has 0 saturated carbocycles. The third-order valence-electron chi connectivity index (χ3n) is 3.22. The molecule has 0 aliphatic carbocycles. The zero-order chi connectivity index (χ0) is 14.6. The Labute approximate surface area is 114 Å². The Morgan fingerprint density at radius 2 is 1.68 bits per heavy atom. The number of ether oxygens (including phenoxy) is 2. The molecule has 0 aliphatic rings. The van der Waals surface area contributed by atoms with E-state index in [1.165, 1.54) is 0 Å². The number of methoxy groups -OCH3 is 2. The van der Waals surface area contributed by atoms with Crippen LogP contribution in [0.25, 0.3) is 0 Å². The average molecular weight is 266 g/mol. The van der Waals surface area contributed by atoms with Crippen LogP contribution >= 0.6 is 0 Å². The van der Waals surface area contributed by atoms with Crippen molar-refractivity contribution in [1.82, 2.24) is 0 Å². The van der Waals surface area contributed by atoms with Crippen LogP contribution in [0.15, 0.2) is 12.1 Å². The predicted molar refractivity (Wildman–Crippen MR) is 74.1 cm³/mol. The van der Waals surface area contributed by atoms with E-state index in [0.717, 1.165) is 11.1 Å². The van der Waals surface area contributed by atoms with Gasteiger partial charge in [0.25, 0.3) is 0 Å². The van der Waals surface area contributed by atoms with Crippen molar-refractivity contribution < 1.29 is 19.4 Å². The summed E-state index contributed by atoms with van der Waals surface area (Å²) >= 11 is 0. The average Bonchev–Trinajstić information content (AvgIpc) is 2.37. The van der Waals surface area contributed by atoms with Crippen LogP contribution in [0.4, 0.5) is 0 Å². The van der Waals surface area contributed by atoms with Crippen molar-refractivity contribution >= 4 is 5.97 Å². The fourth-order valence-electron chi connectivity index (χ4n) is 2.07. The minimum Gasteiger partial charge on any atom is -0.493 e. The molecule has 0 bridgehead atoms. The molecule has 1 aromatic carbocycles. The van der Waals surface area contributed by atoms with Gasteiger partial charge in [-0.3, -0.25) is 4.79 Å². The lowest BCUT2D eigenvalue weighted by molar-refractivity contribution is -0.141. The number of rotatable bonds is 6. The fraction of sp³-hybridized carbons (Fsp3) is 0.533. The van der Waals surface area contributed by atoms with Crippen molar-refractivity contribution in [3.05, 3.63) is 23.3 Å². The van der Waals surface area contributed by atoms with Crippen LogP contribution in [0.5, 0.6) is 11.5 Å². The maximum Gasteiger partial charge on any atom is 0.306 e. The molecule has 106 valence electrons. The molecule has 0 heterocycles. The highest BCUT2D eigenvalue weighted by atomic mass is 16.5. The third kappa shape index (κ3) is 3.63. The summed E-state index contributed by atoms with van der Waals surface area (Å²) in [5.74, 6) is 0.410. The van der Waals surface area contributed by atoms with E-state index in [4.69, 9.17) is 14.6 Å². The summed E-state index contributed by atoms with van der Waals surface area (Å²) in [6.07, 6.45) is 0.489. The van der Waals surface area contributed by atoms with Crippen LogP contribution in [0, 0.1) is 5.92 Å². The monoisotopic (exact) mass is 266 g/mol. The first-order valence-electron chi connectivity index (χ1n) is 6.38. The third-order valence-corrected chi connectivity index (χ3v) is 3.22. The van der Waals surface area contributed by atoms with Crippen molar-refractivity contribution in [2.24, 2.45) is 5.92 Å². The number of carbonyl (C=O) groups is 1. The first kappa shape index (κ1) is 15.3. The lowest BCUT2D eigenvalue weighted by Crippen LogP contribution is -2.14. The topological polar surface area (TPSA) is 55.8 Å². The molecule has 0 amide bonds. The summed E-state index contributed by atoms with van der Waals surface area (Å²) in [7, 11) is 3.18. The van der Waals surface area contributed by atoms with Crippen LogP contribution in [-0.2, 0) is 11.2 Å². The molecule has 1 unspecified atom stereocenters. The molecule has 4 heteroatoms. The van der Waals surface area contributed by atoms with Crippen molar-refractivity contribution in [2.75, 3.05) is 14.2 Å². The highest BCUT2D eigenvalue weighted by molar-refractivity contribution is 5.70. The SMILES string of the molecule is COc1cc(CC(C)C(=O)O)c(C(C)C)cc1OC. The van der Waals surface area contributed by atoms with E-state index >= 15 is 0 Å². The predicted octanol–water partition coefficient (Wildman–Crippen LogP) is 3.09. The molecule has 0 fully saturated rings. The Bertz CT molecular complexity index is 452. The van der Waals surface area contributed by atoms with Gasteiger partial charge in [-0.25, -0.2) is 0 Å². The van der Waals surface area contributed by atoms with Gasteiger partial charge in [0.1, 0.15) is 0 Å². The maximum atomic E-state index is 11.0. The molecule has 4 nitrogen and oxygen atoms in total. The highest BCUT2D eigenvalue weighted by Gasteiger charge is 2.18. The molecule has 0 radical (unpaired) electrons. The number of carboxylic acids is 1. The summed E-state index contributed by atoms with van der Waals surface area (Å²) in [5.41, 5.74) is 2.10. The molecular formula is C15H22O4. The van der Waals surface area contributed by atoms with Crippen molar-refractivity contribution in [3.63, 3.8) is 0 Å². The lowest BCUT2D eigenvalue weighted by atomic mass is 9.90. The summed E-state index contributed by atoms with van der Waals surface area (Å²) < 4.78 is 10.6. The van der Waals surface area contributed by atoms with E-state index in [9.17, 15) is 4.79 Å². The second kappa shape index (κ2) is 6.45. The Hall–Kier alpha value is -1.71. The Morgan fingerprint density at radius 3 is 2.11 bits per heavy atom. The summed E-state index contributed by atoms with van der Waals surface area (Å²) in [4.78, 5) is 11.0. The van der Waals surface area contributed by atoms with Gasteiger partial charge in [0.15, 0.2) is 11.5 Å². The molecule has 0 spiro atoms. The normalized spacial score (nSPS) is 12.3. The minimum atomic E-state index is -0.788. The zero-order valence-electron chi connectivity index (χ0n) is 12.2. The summed E-state index contributed by atoms with van der Waals surface area (Å²) in [6, 6.07) is 3.82. The van der Waals surface area contributed by atoms with Crippen molar-refractivity contribution in [2.45, 2.75) is 33.1 Å². The van der Waals surface area contributed by atoms with Crippen LogP contribution in [0.2, 0.25) is 0 Å². The molecule has 1 aromatic rings. The van der Waals surface area contributed by atoms with E-state index < -0.39 is 11.9 Å². The van der Waals surface area contributed by atoms with Gasteiger partial charge in [-0.2, -0.15) is 0 Å². The largest absolute Gasteiger partial charge is 0.493 e. The van der Waals surface area contributed by atoms with Crippen molar-refractivity contribution in [1.29, 1.82) is 0 Å². The highest BCUT2D eigenvalue weighted by Crippen LogP contribution is 2.34. The van der Waals surface area contributed by atoms with Gasteiger partial charge in [-0.1, -0.05) is 20.8 Å². The van der Waals surface area contributed by atoms with Crippen LogP contribution in [-0.4, -0.2) is 25.3 Å². The number of hydrogen-bond donors (Lipinski definition) is 1. The first-order chi connectivity index (χ1) is 8.90. The fourth-order valence-corrected chi connectivity index (χ4v) is 2.07. The first-order valence-corrected chi connectivity index (χ1v) is 6.38. The number of hydrogen-bond acceptors (Lipinski definition) is 3. The number of aliphatic carboxylic acids is 1. The van der Waals surface area contributed by atoms with E-state index in [1.807, 2.05) is 12.1 Å². The Morgan fingerprint density at radius 1 is 1.16 bits per heavy atom. The van der Waals surface area contributed by atoms with Crippen LogP contribution < -0.4 is 9.47 Å². The van der Waals surface area contributed by atoms with Gasteiger partial charge >= 0.3 is 5.97 Å². The second-order valence-electron chi connectivity index (χ2n) is 5.00. The zero-order valence-corrected chi connectivity index (χ0v) is 12.2. The quantitative estimate of drug-likeness (QED) is 0.859. The summed E-state index contributed by atoms with van der Waals surface area (Å²) in [5, 5.41) is 9.04. The molecule has 1 N–H and O–H groups in total. The molecule has 0 saturated heterocycles.